The van der Waals surface area contributed by atoms with Crippen molar-refractivity contribution >= 4 is 21.4 Å². The van der Waals surface area contributed by atoms with Gasteiger partial charge < -0.3 is 5.32 Å². The van der Waals surface area contributed by atoms with Crippen molar-refractivity contribution in [2.45, 2.75) is 39.7 Å². The number of rotatable bonds is 10. The molecule has 0 radical (unpaired) electrons. The molecule has 0 saturated heterocycles. The average Bonchev–Trinajstić information content (AvgIpc) is 2.89. The summed E-state index contributed by atoms with van der Waals surface area (Å²) >= 11 is 1.60. The zero-order chi connectivity index (χ0) is 15.0. The van der Waals surface area contributed by atoms with Crippen LogP contribution in [0.4, 0.5) is 0 Å². The van der Waals surface area contributed by atoms with Gasteiger partial charge in [-0.15, -0.1) is 11.3 Å². The Morgan fingerprint density at radius 2 is 2.05 bits per heavy atom. The molecule has 20 heavy (non-hydrogen) atoms. The lowest BCUT2D eigenvalue weighted by atomic mass is 10.0. The van der Waals surface area contributed by atoms with E-state index in [-0.39, 0.29) is 17.7 Å². The summed E-state index contributed by atoms with van der Waals surface area (Å²) in [6, 6.07) is 3.82. The largest absolute Gasteiger partial charge is 0.317 e. The van der Waals surface area contributed by atoms with Gasteiger partial charge in [0.2, 0.25) is 10.0 Å². The molecule has 0 spiro atoms. The highest BCUT2D eigenvalue weighted by molar-refractivity contribution is 7.89. The molecular weight excluding hydrogens is 292 g/mol. The lowest BCUT2D eigenvalue weighted by Crippen LogP contribution is -2.34. The van der Waals surface area contributed by atoms with Gasteiger partial charge in [-0.25, -0.2) is 13.1 Å². The van der Waals surface area contributed by atoms with E-state index in [1.165, 1.54) is 0 Å². The molecule has 0 bridgehead atoms. The van der Waals surface area contributed by atoms with Gasteiger partial charge in [0, 0.05) is 4.88 Å². The molecule has 0 aliphatic heterocycles. The number of sulfonamides is 1. The molecule has 0 aliphatic carbocycles. The van der Waals surface area contributed by atoms with Crippen LogP contribution in [-0.4, -0.2) is 27.3 Å². The Labute approximate surface area is 127 Å². The highest BCUT2D eigenvalue weighted by Gasteiger charge is 2.22. The average molecular weight is 319 g/mol. The highest BCUT2D eigenvalue weighted by Crippen LogP contribution is 2.26. The van der Waals surface area contributed by atoms with Gasteiger partial charge in [0.25, 0.3) is 0 Å². The van der Waals surface area contributed by atoms with Gasteiger partial charge >= 0.3 is 0 Å². The quantitative estimate of drug-likeness (QED) is 0.652. The Balaban J connectivity index is 2.50. The second-order valence-corrected chi connectivity index (χ2v) is 8.13. The van der Waals surface area contributed by atoms with Crippen molar-refractivity contribution in [3.8, 4) is 0 Å². The lowest BCUT2D eigenvalue weighted by Gasteiger charge is -2.21. The molecule has 4 nitrogen and oxygen atoms in total. The first-order valence-corrected chi connectivity index (χ1v) is 9.73. The van der Waals surface area contributed by atoms with E-state index in [9.17, 15) is 8.42 Å². The lowest BCUT2D eigenvalue weighted by molar-refractivity contribution is 0.468. The van der Waals surface area contributed by atoms with Crippen LogP contribution >= 0.6 is 11.3 Å². The third kappa shape index (κ3) is 6.35. The van der Waals surface area contributed by atoms with E-state index >= 15 is 0 Å². The van der Waals surface area contributed by atoms with Crippen LogP contribution in [0.1, 0.15) is 44.5 Å². The summed E-state index contributed by atoms with van der Waals surface area (Å²) in [5.74, 6) is 0.417. The van der Waals surface area contributed by atoms with Crippen LogP contribution in [0.3, 0.4) is 0 Å². The van der Waals surface area contributed by atoms with Gasteiger partial charge in [0.05, 0.1) is 11.8 Å². The molecule has 1 rings (SSSR count). The Bertz CT molecular complexity index is 456. The molecule has 0 saturated carbocycles. The first kappa shape index (κ1) is 17.6. The Hall–Kier alpha value is -0.430. The smallest absolute Gasteiger partial charge is 0.212 e. The maximum absolute atomic E-state index is 12.1. The van der Waals surface area contributed by atoms with Gasteiger partial charge in [0.15, 0.2) is 0 Å². The van der Waals surface area contributed by atoms with Gasteiger partial charge in [-0.05, 0) is 43.3 Å². The van der Waals surface area contributed by atoms with E-state index < -0.39 is 10.0 Å². The van der Waals surface area contributed by atoms with Gasteiger partial charge in [-0.3, -0.25) is 0 Å². The normalized spacial score (nSPS) is 13.8. The standard InChI is InChI=1S/C14H26N2O2S2/c1-4-8-15-9-6-11-20(17,18)16-14(12(2)3)13-7-5-10-19-13/h5,7,10,12,14-16H,4,6,8-9,11H2,1-3H3. The van der Waals surface area contributed by atoms with E-state index in [1.807, 2.05) is 31.4 Å². The summed E-state index contributed by atoms with van der Waals surface area (Å²) in [6.45, 7) is 7.86. The van der Waals surface area contributed by atoms with E-state index in [0.29, 0.717) is 6.42 Å². The topological polar surface area (TPSA) is 58.2 Å². The zero-order valence-corrected chi connectivity index (χ0v) is 14.2. The first-order chi connectivity index (χ1) is 9.46. The first-order valence-electron chi connectivity index (χ1n) is 7.20. The third-order valence-electron chi connectivity index (χ3n) is 3.02. The number of hydrogen-bond acceptors (Lipinski definition) is 4. The molecular formula is C14H26N2O2S2. The summed E-state index contributed by atoms with van der Waals surface area (Å²) in [5.41, 5.74) is 0. The number of nitrogens with one attached hydrogen (secondary N) is 2. The molecule has 1 aromatic heterocycles. The summed E-state index contributed by atoms with van der Waals surface area (Å²) in [4.78, 5) is 1.08. The summed E-state index contributed by atoms with van der Waals surface area (Å²) in [7, 11) is -3.22. The maximum Gasteiger partial charge on any atom is 0.212 e. The minimum Gasteiger partial charge on any atom is -0.317 e. The maximum atomic E-state index is 12.1. The Morgan fingerprint density at radius 1 is 1.30 bits per heavy atom. The van der Waals surface area contributed by atoms with Crippen LogP contribution in [0.2, 0.25) is 0 Å². The molecule has 116 valence electrons. The van der Waals surface area contributed by atoms with Crippen LogP contribution in [0, 0.1) is 5.92 Å². The van der Waals surface area contributed by atoms with E-state index in [0.717, 1.165) is 24.4 Å². The zero-order valence-electron chi connectivity index (χ0n) is 12.6. The van der Waals surface area contributed by atoms with Crippen molar-refractivity contribution in [1.29, 1.82) is 0 Å². The SMILES string of the molecule is CCCNCCCS(=O)(=O)NC(c1cccs1)C(C)C. The Morgan fingerprint density at radius 3 is 2.60 bits per heavy atom. The molecule has 1 heterocycles. The summed E-state index contributed by atoms with van der Waals surface area (Å²) in [6.07, 6.45) is 1.71. The third-order valence-corrected chi connectivity index (χ3v) is 5.41. The molecule has 2 N–H and O–H groups in total. The van der Waals surface area contributed by atoms with Crippen molar-refractivity contribution in [3.63, 3.8) is 0 Å². The van der Waals surface area contributed by atoms with Crippen LogP contribution in [0.25, 0.3) is 0 Å². The molecule has 0 amide bonds. The number of hydrogen-bond donors (Lipinski definition) is 2. The second kappa shape index (κ2) is 8.77. The fraction of sp³-hybridized carbons (Fsp3) is 0.714. The van der Waals surface area contributed by atoms with Gasteiger partial charge in [-0.2, -0.15) is 0 Å². The second-order valence-electron chi connectivity index (χ2n) is 5.28. The minimum absolute atomic E-state index is 0.122. The van der Waals surface area contributed by atoms with Crippen molar-refractivity contribution in [2.75, 3.05) is 18.8 Å². The molecule has 0 aromatic carbocycles. The molecule has 6 heteroatoms. The predicted octanol–water partition coefficient (Wildman–Crippen LogP) is 2.75. The van der Waals surface area contributed by atoms with E-state index in [2.05, 4.69) is 17.0 Å². The molecule has 1 atom stereocenters. The molecule has 0 fully saturated rings. The minimum atomic E-state index is -3.22. The molecule has 1 aromatic rings. The molecule has 0 aliphatic rings. The van der Waals surface area contributed by atoms with Crippen molar-refractivity contribution in [2.24, 2.45) is 5.92 Å². The van der Waals surface area contributed by atoms with E-state index in [4.69, 9.17) is 0 Å². The van der Waals surface area contributed by atoms with Gasteiger partial charge in [-0.1, -0.05) is 26.8 Å². The van der Waals surface area contributed by atoms with E-state index in [1.54, 1.807) is 11.3 Å². The van der Waals surface area contributed by atoms with Crippen LogP contribution in [-0.2, 0) is 10.0 Å². The molecule has 1 unspecified atom stereocenters. The van der Waals surface area contributed by atoms with Gasteiger partial charge in [0.1, 0.15) is 0 Å². The van der Waals surface area contributed by atoms with Crippen molar-refractivity contribution in [1.82, 2.24) is 10.0 Å². The van der Waals surface area contributed by atoms with Crippen molar-refractivity contribution < 1.29 is 8.42 Å². The van der Waals surface area contributed by atoms with Crippen LogP contribution in [0.5, 0.6) is 0 Å². The fourth-order valence-corrected chi connectivity index (χ4v) is 4.38. The van der Waals surface area contributed by atoms with Crippen LogP contribution in [0.15, 0.2) is 17.5 Å². The summed E-state index contributed by atoms with van der Waals surface area (Å²) in [5, 5.41) is 5.20. The highest BCUT2D eigenvalue weighted by atomic mass is 32.2. The monoisotopic (exact) mass is 318 g/mol. The number of thiophene rings is 1. The fourth-order valence-electron chi connectivity index (χ4n) is 1.93. The Kier molecular flexibility index (Phi) is 7.72. The summed E-state index contributed by atoms with van der Waals surface area (Å²) < 4.78 is 27.1. The van der Waals surface area contributed by atoms with Crippen molar-refractivity contribution in [3.05, 3.63) is 22.4 Å². The predicted molar refractivity (Wildman–Crippen MR) is 86.6 cm³/mol. The van der Waals surface area contributed by atoms with Crippen LogP contribution < -0.4 is 10.0 Å².